The van der Waals surface area contributed by atoms with E-state index < -0.39 is 24.5 Å². The van der Waals surface area contributed by atoms with E-state index in [0.717, 1.165) is 0 Å². The minimum Gasteiger partial charge on any atom is -0.430 e. The summed E-state index contributed by atoms with van der Waals surface area (Å²) in [6.45, 7) is 6.97. The second kappa shape index (κ2) is 7.37. The molecular weight excluding hydrogens is 240 g/mol. The maximum Gasteiger partial charge on any atom is 0.508 e. The lowest BCUT2D eigenvalue weighted by atomic mass is 9.92. The van der Waals surface area contributed by atoms with Crippen molar-refractivity contribution in [3.63, 3.8) is 0 Å². The van der Waals surface area contributed by atoms with E-state index in [1.165, 1.54) is 12.2 Å². The molecule has 1 aliphatic carbocycles. The molecule has 100 valence electrons. The van der Waals surface area contributed by atoms with Gasteiger partial charge in [-0.25, -0.2) is 9.59 Å². The number of ether oxygens (including phenoxy) is 4. The van der Waals surface area contributed by atoms with Gasteiger partial charge in [-0.2, -0.15) is 0 Å². The quantitative estimate of drug-likeness (QED) is 0.536. The SMILES string of the molecule is C=CCOC(=O)OC1CCC1OC(=O)OCC=C. The van der Waals surface area contributed by atoms with Gasteiger partial charge < -0.3 is 18.9 Å². The van der Waals surface area contributed by atoms with Gasteiger partial charge >= 0.3 is 12.3 Å². The van der Waals surface area contributed by atoms with Gasteiger partial charge in [0, 0.05) is 0 Å². The summed E-state index contributed by atoms with van der Waals surface area (Å²) in [6, 6.07) is 0. The minimum atomic E-state index is -0.798. The fourth-order valence-corrected chi connectivity index (χ4v) is 1.28. The Morgan fingerprint density at radius 2 is 1.33 bits per heavy atom. The van der Waals surface area contributed by atoms with E-state index in [4.69, 9.17) is 9.47 Å². The van der Waals surface area contributed by atoms with E-state index in [2.05, 4.69) is 22.6 Å². The van der Waals surface area contributed by atoms with Crippen LogP contribution in [0.2, 0.25) is 0 Å². The molecule has 0 spiro atoms. The van der Waals surface area contributed by atoms with Crippen molar-refractivity contribution >= 4 is 12.3 Å². The van der Waals surface area contributed by atoms with Gasteiger partial charge in [-0.15, -0.1) is 0 Å². The van der Waals surface area contributed by atoms with Crippen LogP contribution in [0.5, 0.6) is 0 Å². The van der Waals surface area contributed by atoms with Crippen LogP contribution >= 0.6 is 0 Å². The fourth-order valence-electron chi connectivity index (χ4n) is 1.28. The summed E-state index contributed by atoms with van der Waals surface area (Å²) in [5.41, 5.74) is 0. The molecule has 18 heavy (non-hydrogen) atoms. The molecule has 6 nitrogen and oxygen atoms in total. The lowest BCUT2D eigenvalue weighted by molar-refractivity contribution is -0.0979. The molecule has 0 aliphatic heterocycles. The molecule has 0 aromatic heterocycles. The number of hydrogen-bond donors (Lipinski definition) is 0. The van der Waals surface area contributed by atoms with Crippen LogP contribution in [-0.4, -0.2) is 37.7 Å². The summed E-state index contributed by atoms with van der Waals surface area (Å²) in [5.74, 6) is 0. The van der Waals surface area contributed by atoms with Crippen molar-refractivity contribution in [3.05, 3.63) is 25.3 Å². The molecule has 2 unspecified atom stereocenters. The Morgan fingerprint density at radius 1 is 0.944 bits per heavy atom. The molecule has 1 fully saturated rings. The second-order valence-electron chi connectivity index (χ2n) is 3.59. The van der Waals surface area contributed by atoms with Crippen molar-refractivity contribution in [1.82, 2.24) is 0 Å². The standard InChI is InChI=1S/C12H16O6/c1-3-7-15-11(13)17-9-5-6-10(9)18-12(14)16-8-4-2/h3-4,9-10H,1-2,5-8H2. The zero-order valence-corrected chi connectivity index (χ0v) is 10.0. The van der Waals surface area contributed by atoms with Crippen LogP contribution in [0, 0.1) is 0 Å². The third-order valence-corrected chi connectivity index (χ3v) is 2.28. The second-order valence-corrected chi connectivity index (χ2v) is 3.59. The van der Waals surface area contributed by atoms with Crippen LogP contribution in [0.4, 0.5) is 9.59 Å². The van der Waals surface area contributed by atoms with Gasteiger partial charge in [0.2, 0.25) is 0 Å². The third kappa shape index (κ3) is 4.48. The molecule has 6 heteroatoms. The number of rotatable bonds is 6. The van der Waals surface area contributed by atoms with Gasteiger partial charge in [0.05, 0.1) is 0 Å². The van der Waals surface area contributed by atoms with Crippen molar-refractivity contribution in [2.45, 2.75) is 25.0 Å². The van der Waals surface area contributed by atoms with E-state index in [1.807, 2.05) is 0 Å². The van der Waals surface area contributed by atoms with Gasteiger partial charge in [-0.1, -0.05) is 25.3 Å². The van der Waals surface area contributed by atoms with Crippen LogP contribution in [0.15, 0.2) is 25.3 Å². The Balaban J connectivity index is 2.23. The monoisotopic (exact) mass is 256 g/mol. The summed E-state index contributed by atoms with van der Waals surface area (Å²) < 4.78 is 19.2. The smallest absolute Gasteiger partial charge is 0.430 e. The minimum absolute atomic E-state index is 0.0818. The topological polar surface area (TPSA) is 71.1 Å². The van der Waals surface area contributed by atoms with Crippen molar-refractivity contribution in [2.75, 3.05) is 13.2 Å². The molecular formula is C12H16O6. The molecule has 1 aliphatic rings. The highest BCUT2D eigenvalue weighted by Crippen LogP contribution is 2.27. The van der Waals surface area contributed by atoms with E-state index in [0.29, 0.717) is 12.8 Å². The molecule has 2 atom stereocenters. The lowest BCUT2D eigenvalue weighted by Gasteiger charge is -2.33. The Morgan fingerprint density at radius 3 is 1.61 bits per heavy atom. The third-order valence-electron chi connectivity index (χ3n) is 2.28. The average molecular weight is 256 g/mol. The summed E-state index contributed by atoms with van der Waals surface area (Å²) >= 11 is 0. The van der Waals surface area contributed by atoms with Crippen LogP contribution in [0.1, 0.15) is 12.8 Å². The largest absolute Gasteiger partial charge is 0.508 e. The van der Waals surface area contributed by atoms with E-state index in [9.17, 15) is 9.59 Å². The maximum atomic E-state index is 11.1. The first-order valence-electron chi connectivity index (χ1n) is 5.56. The predicted molar refractivity (Wildman–Crippen MR) is 62.1 cm³/mol. The van der Waals surface area contributed by atoms with E-state index >= 15 is 0 Å². The molecule has 0 N–H and O–H groups in total. The molecule has 0 radical (unpaired) electrons. The fraction of sp³-hybridized carbons (Fsp3) is 0.500. The molecule has 0 saturated heterocycles. The van der Waals surface area contributed by atoms with Crippen molar-refractivity contribution < 1.29 is 28.5 Å². The first-order valence-corrected chi connectivity index (χ1v) is 5.56. The number of hydrogen-bond acceptors (Lipinski definition) is 6. The zero-order chi connectivity index (χ0) is 13.4. The Labute approximate surface area is 105 Å². The summed E-state index contributed by atoms with van der Waals surface area (Å²) in [7, 11) is 0. The highest BCUT2D eigenvalue weighted by molar-refractivity contribution is 5.61. The molecule has 0 aromatic carbocycles. The van der Waals surface area contributed by atoms with Gasteiger partial charge in [-0.05, 0) is 12.8 Å². The highest BCUT2D eigenvalue weighted by Gasteiger charge is 2.38. The van der Waals surface area contributed by atoms with Crippen molar-refractivity contribution in [2.24, 2.45) is 0 Å². The highest BCUT2D eigenvalue weighted by atomic mass is 16.8. The molecule has 0 amide bonds. The molecule has 0 bridgehead atoms. The van der Waals surface area contributed by atoms with E-state index in [1.54, 1.807) is 0 Å². The van der Waals surface area contributed by atoms with Gasteiger partial charge in [0.15, 0.2) is 0 Å². The van der Waals surface area contributed by atoms with Crippen molar-refractivity contribution in [1.29, 1.82) is 0 Å². The first-order chi connectivity index (χ1) is 8.67. The summed E-state index contributed by atoms with van der Waals surface area (Å²) in [6.07, 6.45) is 1.58. The number of carbonyl (C=O) groups is 2. The van der Waals surface area contributed by atoms with Crippen LogP contribution in [0.3, 0.4) is 0 Å². The predicted octanol–water partition coefficient (Wildman–Crippen LogP) is 2.20. The maximum absolute atomic E-state index is 11.1. The van der Waals surface area contributed by atoms with E-state index in [-0.39, 0.29) is 13.2 Å². The Kier molecular flexibility index (Phi) is 5.76. The molecule has 1 rings (SSSR count). The lowest BCUT2D eigenvalue weighted by Crippen LogP contribution is -2.43. The van der Waals surface area contributed by atoms with Gasteiger partial charge in [0.1, 0.15) is 25.4 Å². The Hall–Kier alpha value is -1.98. The van der Waals surface area contributed by atoms with Crippen LogP contribution in [-0.2, 0) is 18.9 Å². The molecule has 1 saturated carbocycles. The van der Waals surface area contributed by atoms with Crippen LogP contribution < -0.4 is 0 Å². The molecule has 0 aromatic rings. The Bertz CT molecular complexity index is 293. The molecule has 0 heterocycles. The normalized spacial score (nSPS) is 21.1. The number of carbonyl (C=O) groups excluding carboxylic acids is 2. The summed E-state index contributed by atoms with van der Waals surface area (Å²) in [5, 5.41) is 0. The van der Waals surface area contributed by atoms with Crippen molar-refractivity contribution in [3.8, 4) is 0 Å². The average Bonchev–Trinajstić information content (AvgIpc) is 2.36. The zero-order valence-electron chi connectivity index (χ0n) is 10.0. The van der Waals surface area contributed by atoms with Crippen LogP contribution in [0.25, 0.3) is 0 Å². The summed E-state index contributed by atoms with van der Waals surface area (Å²) in [4.78, 5) is 22.3. The first kappa shape index (κ1) is 14.1. The van der Waals surface area contributed by atoms with Gasteiger partial charge in [0.25, 0.3) is 0 Å². The van der Waals surface area contributed by atoms with Gasteiger partial charge in [-0.3, -0.25) is 0 Å².